The molecule has 3 heterocycles. The van der Waals surface area contributed by atoms with Crippen LogP contribution in [0.15, 0.2) is 41.1 Å². The fraction of sp³-hybridized carbons (Fsp3) is 0.263. The molecule has 1 aromatic carbocycles. The Labute approximate surface area is 153 Å². The maximum Gasteiger partial charge on any atom is 0.258 e. The Kier molecular flexibility index (Phi) is 4.62. The second kappa shape index (κ2) is 7.22. The number of pyridine rings is 1. The smallest absolute Gasteiger partial charge is 0.258 e. The summed E-state index contributed by atoms with van der Waals surface area (Å²) in [5.74, 6) is -0.803. The molecule has 0 unspecified atom stereocenters. The van der Waals surface area contributed by atoms with Gasteiger partial charge < -0.3 is 9.42 Å². The average molecular weight is 370 g/mol. The van der Waals surface area contributed by atoms with Crippen LogP contribution >= 0.6 is 0 Å². The number of anilines is 1. The van der Waals surface area contributed by atoms with Gasteiger partial charge >= 0.3 is 0 Å². The largest absolute Gasteiger partial charge is 0.334 e. The van der Waals surface area contributed by atoms with Crippen molar-refractivity contribution in [3.63, 3.8) is 0 Å². The van der Waals surface area contributed by atoms with Gasteiger partial charge in [-0.3, -0.25) is 4.79 Å². The van der Waals surface area contributed by atoms with Gasteiger partial charge in [-0.15, -0.1) is 0 Å². The summed E-state index contributed by atoms with van der Waals surface area (Å²) in [5.41, 5.74) is 1.32. The highest BCUT2D eigenvalue weighted by Gasteiger charge is 2.24. The van der Waals surface area contributed by atoms with Crippen LogP contribution < -0.4 is 4.90 Å². The lowest BCUT2D eigenvalue weighted by atomic mass is 10.1. The van der Waals surface area contributed by atoms with E-state index in [1.807, 2.05) is 0 Å². The minimum Gasteiger partial charge on any atom is -0.334 e. The number of amides is 1. The Morgan fingerprint density at radius 3 is 2.70 bits per heavy atom. The van der Waals surface area contributed by atoms with Gasteiger partial charge in [0.25, 0.3) is 5.89 Å². The van der Waals surface area contributed by atoms with E-state index < -0.39 is 5.95 Å². The van der Waals surface area contributed by atoms with E-state index >= 15 is 0 Å². The first-order chi connectivity index (χ1) is 13.1. The van der Waals surface area contributed by atoms with Crippen molar-refractivity contribution < 1.29 is 18.1 Å². The second-order valence-electron chi connectivity index (χ2n) is 6.31. The van der Waals surface area contributed by atoms with E-state index in [1.54, 1.807) is 4.90 Å². The first-order valence-electron chi connectivity index (χ1n) is 8.68. The van der Waals surface area contributed by atoms with E-state index in [0.717, 1.165) is 19.3 Å². The quantitative estimate of drug-likeness (QED) is 0.652. The molecule has 1 aliphatic heterocycles. The Balaban J connectivity index is 1.74. The number of carbonyl (C=O) groups excluding carboxylic acids is 1. The zero-order valence-corrected chi connectivity index (χ0v) is 14.4. The molecule has 138 valence electrons. The summed E-state index contributed by atoms with van der Waals surface area (Å²) >= 11 is 0. The molecule has 0 bridgehead atoms. The maximum atomic E-state index is 13.8. The molecular weight excluding hydrogens is 354 g/mol. The van der Waals surface area contributed by atoms with E-state index in [1.165, 1.54) is 36.5 Å². The second-order valence-corrected chi connectivity index (χ2v) is 6.31. The van der Waals surface area contributed by atoms with Crippen molar-refractivity contribution in [2.75, 3.05) is 11.4 Å². The number of hydrogen-bond acceptors (Lipinski definition) is 5. The van der Waals surface area contributed by atoms with Crippen LogP contribution in [0.3, 0.4) is 0 Å². The lowest BCUT2D eigenvalue weighted by Crippen LogP contribution is -2.30. The highest BCUT2D eigenvalue weighted by molar-refractivity contribution is 5.97. The number of aromatic nitrogens is 3. The van der Waals surface area contributed by atoms with Crippen LogP contribution in [0, 0.1) is 11.8 Å². The number of hydrogen-bond donors (Lipinski definition) is 0. The summed E-state index contributed by atoms with van der Waals surface area (Å²) in [6, 6.07) is 6.78. The van der Waals surface area contributed by atoms with Crippen molar-refractivity contribution in [1.29, 1.82) is 0 Å². The molecule has 4 rings (SSSR count). The molecule has 0 N–H and O–H groups in total. The van der Waals surface area contributed by atoms with Gasteiger partial charge in [-0.2, -0.15) is 9.37 Å². The van der Waals surface area contributed by atoms with Crippen molar-refractivity contribution in [1.82, 2.24) is 15.1 Å². The molecule has 27 heavy (non-hydrogen) atoms. The third kappa shape index (κ3) is 3.55. The fourth-order valence-electron chi connectivity index (χ4n) is 3.10. The van der Waals surface area contributed by atoms with Gasteiger partial charge in [-0.05, 0) is 37.1 Å². The van der Waals surface area contributed by atoms with Gasteiger partial charge in [0.05, 0.1) is 17.4 Å². The van der Waals surface area contributed by atoms with E-state index in [0.29, 0.717) is 29.8 Å². The summed E-state index contributed by atoms with van der Waals surface area (Å²) in [6.07, 6.45) is 4.40. The lowest BCUT2D eigenvalue weighted by Gasteiger charge is -2.22. The lowest BCUT2D eigenvalue weighted by molar-refractivity contribution is -0.118. The minimum absolute atomic E-state index is 0.0376. The normalized spacial score (nSPS) is 15.0. The maximum absolute atomic E-state index is 13.8. The Morgan fingerprint density at radius 2 is 1.89 bits per heavy atom. The van der Waals surface area contributed by atoms with Crippen LogP contribution in [0.5, 0.6) is 0 Å². The van der Waals surface area contributed by atoms with Crippen molar-refractivity contribution in [3.8, 4) is 22.8 Å². The highest BCUT2D eigenvalue weighted by Crippen LogP contribution is 2.32. The highest BCUT2D eigenvalue weighted by atomic mass is 19.1. The van der Waals surface area contributed by atoms with Crippen LogP contribution in [0.2, 0.25) is 0 Å². The molecule has 0 radical (unpaired) electrons. The Morgan fingerprint density at radius 1 is 1.07 bits per heavy atom. The van der Waals surface area contributed by atoms with Gasteiger partial charge in [0.15, 0.2) is 0 Å². The van der Waals surface area contributed by atoms with Gasteiger partial charge in [-0.1, -0.05) is 11.6 Å². The predicted molar refractivity (Wildman–Crippen MR) is 93.7 cm³/mol. The summed E-state index contributed by atoms with van der Waals surface area (Å²) in [5, 5.41) is 3.92. The molecular formula is C19H16F2N4O2. The minimum atomic E-state index is -0.704. The molecule has 6 nitrogen and oxygen atoms in total. The van der Waals surface area contributed by atoms with Gasteiger partial charge in [0.2, 0.25) is 17.7 Å². The first kappa shape index (κ1) is 17.3. The molecule has 1 aliphatic rings. The van der Waals surface area contributed by atoms with Crippen LogP contribution in [-0.2, 0) is 4.79 Å². The Bertz CT molecular complexity index is 972. The number of carbonyl (C=O) groups is 1. The van der Waals surface area contributed by atoms with E-state index in [4.69, 9.17) is 4.52 Å². The number of benzene rings is 1. The molecule has 2 aromatic heterocycles. The van der Waals surface area contributed by atoms with Crippen molar-refractivity contribution in [2.45, 2.75) is 25.7 Å². The van der Waals surface area contributed by atoms with Crippen LogP contribution in [-0.4, -0.2) is 27.6 Å². The molecule has 1 amide bonds. The SMILES string of the molecule is O=C1CCCCCN1c1cnc(F)cc1-c1noc(-c2ccc(F)cc2)n1. The molecule has 0 saturated carbocycles. The number of nitrogens with zero attached hydrogens (tertiary/aromatic N) is 4. The molecule has 0 aliphatic carbocycles. The van der Waals surface area contributed by atoms with E-state index in [-0.39, 0.29) is 23.4 Å². The van der Waals surface area contributed by atoms with Gasteiger partial charge in [0.1, 0.15) is 5.82 Å². The summed E-state index contributed by atoms with van der Waals surface area (Å²) in [4.78, 5) is 22.0. The molecule has 3 aromatic rings. The number of rotatable bonds is 3. The van der Waals surface area contributed by atoms with Crippen LogP contribution in [0.25, 0.3) is 22.8 Å². The Hall–Kier alpha value is -3.16. The van der Waals surface area contributed by atoms with Crippen molar-refractivity contribution >= 4 is 11.6 Å². The summed E-state index contributed by atoms with van der Waals surface area (Å²) < 4.78 is 32.2. The monoisotopic (exact) mass is 370 g/mol. The van der Waals surface area contributed by atoms with E-state index in [2.05, 4.69) is 15.1 Å². The zero-order valence-electron chi connectivity index (χ0n) is 14.4. The number of halogens is 2. The third-order valence-corrected chi connectivity index (χ3v) is 4.47. The van der Waals surface area contributed by atoms with Crippen LogP contribution in [0.1, 0.15) is 25.7 Å². The van der Waals surface area contributed by atoms with Gasteiger partial charge in [0, 0.05) is 24.6 Å². The zero-order chi connectivity index (χ0) is 18.8. The fourth-order valence-corrected chi connectivity index (χ4v) is 3.10. The topological polar surface area (TPSA) is 72.1 Å². The third-order valence-electron chi connectivity index (χ3n) is 4.47. The van der Waals surface area contributed by atoms with Gasteiger partial charge in [-0.25, -0.2) is 9.37 Å². The average Bonchev–Trinajstić information content (AvgIpc) is 3.06. The molecule has 0 spiro atoms. The molecule has 1 fully saturated rings. The predicted octanol–water partition coefficient (Wildman–Crippen LogP) is 3.98. The molecule has 1 saturated heterocycles. The molecule has 8 heteroatoms. The first-order valence-corrected chi connectivity index (χ1v) is 8.68. The summed E-state index contributed by atoms with van der Waals surface area (Å²) in [6.45, 7) is 0.530. The summed E-state index contributed by atoms with van der Waals surface area (Å²) in [7, 11) is 0. The van der Waals surface area contributed by atoms with E-state index in [9.17, 15) is 13.6 Å². The standard InChI is InChI=1S/C19H16F2N4O2/c20-13-7-5-12(6-8-13)19-23-18(24-27-19)14-10-16(21)22-11-15(14)25-9-3-1-2-4-17(25)26/h5-8,10-11H,1-4,9H2. The van der Waals surface area contributed by atoms with Crippen LogP contribution in [0.4, 0.5) is 14.5 Å². The van der Waals surface area contributed by atoms with Crippen molar-refractivity contribution in [3.05, 3.63) is 48.3 Å². The van der Waals surface area contributed by atoms with Crippen molar-refractivity contribution in [2.24, 2.45) is 0 Å². The molecule has 0 atom stereocenters.